The highest BCUT2D eigenvalue weighted by atomic mass is 16.4. The molecule has 0 bridgehead atoms. The van der Waals surface area contributed by atoms with Crippen molar-refractivity contribution in [2.45, 2.75) is 12.2 Å². The van der Waals surface area contributed by atoms with Crippen LogP contribution in [0.1, 0.15) is 22.3 Å². The Morgan fingerprint density at radius 1 is 1.25 bits per heavy atom. The number of primary amides is 1. The lowest BCUT2D eigenvalue weighted by molar-refractivity contribution is -0.132. The number of aliphatic hydroxyl groups is 2. The Morgan fingerprint density at radius 2 is 1.75 bits per heavy atom. The van der Waals surface area contributed by atoms with E-state index in [0.717, 1.165) is 12.4 Å². The fraction of sp³-hybridized carbons (Fsp3) is 0.250. The molecule has 0 aliphatic rings. The van der Waals surface area contributed by atoms with Gasteiger partial charge in [0.15, 0.2) is 6.10 Å². The second-order valence-corrected chi connectivity index (χ2v) is 2.94. The highest BCUT2D eigenvalue weighted by Gasteiger charge is 2.24. The largest absolute Gasteiger partial charge is 0.475 e. The van der Waals surface area contributed by atoms with Crippen molar-refractivity contribution in [3.05, 3.63) is 23.8 Å². The van der Waals surface area contributed by atoms with Crippen molar-refractivity contribution in [2.24, 2.45) is 5.73 Å². The first-order chi connectivity index (χ1) is 7.43. The summed E-state index contributed by atoms with van der Waals surface area (Å²) < 4.78 is 0. The van der Waals surface area contributed by atoms with E-state index in [0.29, 0.717) is 0 Å². The third kappa shape index (κ3) is 2.49. The Morgan fingerprint density at radius 3 is 2.12 bits per heavy atom. The quantitative estimate of drug-likeness (QED) is 0.467. The first-order valence-electron chi connectivity index (χ1n) is 4.14. The fourth-order valence-electron chi connectivity index (χ4n) is 0.939. The number of carboxylic acids is 1. The molecule has 1 aromatic heterocycles. The normalized spacial score (nSPS) is 14.1. The van der Waals surface area contributed by atoms with Crippen LogP contribution < -0.4 is 5.73 Å². The Kier molecular flexibility index (Phi) is 3.48. The van der Waals surface area contributed by atoms with Gasteiger partial charge in [0.2, 0.25) is 11.7 Å². The fourth-order valence-corrected chi connectivity index (χ4v) is 0.939. The van der Waals surface area contributed by atoms with Crippen LogP contribution in [0.4, 0.5) is 0 Å². The molecule has 0 saturated heterocycles. The van der Waals surface area contributed by atoms with Crippen LogP contribution in [0.3, 0.4) is 0 Å². The van der Waals surface area contributed by atoms with E-state index in [1.165, 1.54) is 0 Å². The molecular weight excluding hydrogens is 218 g/mol. The third-order valence-corrected chi connectivity index (χ3v) is 1.80. The average Bonchev–Trinajstić information content (AvgIpc) is 2.27. The molecule has 1 rings (SSSR count). The van der Waals surface area contributed by atoms with Crippen LogP contribution in [0.5, 0.6) is 0 Å². The number of nitrogens with two attached hydrogens (primary N) is 1. The second-order valence-electron chi connectivity index (χ2n) is 2.94. The minimum atomic E-state index is -1.79. The Hall–Kier alpha value is -2.06. The summed E-state index contributed by atoms with van der Waals surface area (Å²) in [5, 5.41) is 27.0. The smallest absolute Gasteiger partial charge is 0.373 e. The molecule has 0 radical (unpaired) electrons. The molecule has 86 valence electrons. The molecule has 8 heteroatoms. The topological polar surface area (TPSA) is 147 Å². The number of aliphatic hydroxyl groups excluding tert-OH is 2. The lowest BCUT2D eigenvalue weighted by atomic mass is 10.1. The summed E-state index contributed by atoms with van der Waals surface area (Å²) in [7, 11) is 0. The van der Waals surface area contributed by atoms with Gasteiger partial charge in [0, 0.05) is 18.0 Å². The van der Waals surface area contributed by atoms with Crippen LogP contribution in [0.15, 0.2) is 12.4 Å². The van der Waals surface area contributed by atoms with Gasteiger partial charge in [-0.2, -0.15) is 0 Å². The number of carboxylic acid groups (broad SMARTS) is 1. The third-order valence-electron chi connectivity index (χ3n) is 1.80. The number of hydrogen-bond donors (Lipinski definition) is 4. The first kappa shape index (κ1) is 12.0. The van der Waals surface area contributed by atoms with Crippen molar-refractivity contribution in [3.63, 3.8) is 0 Å². The second kappa shape index (κ2) is 4.64. The maximum Gasteiger partial charge on any atom is 0.373 e. The van der Waals surface area contributed by atoms with E-state index >= 15 is 0 Å². The van der Waals surface area contributed by atoms with Gasteiger partial charge in [-0.15, -0.1) is 0 Å². The summed E-state index contributed by atoms with van der Waals surface area (Å²) >= 11 is 0. The molecule has 1 amide bonds. The maximum atomic E-state index is 10.6. The van der Waals surface area contributed by atoms with Gasteiger partial charge in [0.25, 0.3) is 0 Å². The monoisotopic (exact) mass is 227 g/mol. The van der Waals surface area contributed by atoms with E-state index in [2.05, 4.69) is 9.97 Å². The van der Waals surface area contributed by atoms with Gasteiger partial charge in [-0.25, -0.2) is 14.8 Å². The summed E-state index contributed by atoms with van der Waals surface area (Å²) in [6.45, 7) is 0. The van der Waals surface area contributed by atoms with Gasteiger partial charge in [-0.1, -0.05) is 0 Å². The van der Waals surface area contributed by atoms with Gasteiger partial charge in [-0.05, 0) is 0 Å². The van der Waals surface area contributed by atoms with Gasteiger partial charge in [-0.3, -0.25) is 4.79 Å². The van der Waals surface area contributed by atoms with Crippen molar-refractivity contribution in [3.8, 4) is 0 Å². The zero-order chi connectivity index (χ0) is 12.3. The molecule has 0 aromatic carbocycles. The molecule has 2 atom stereocenters. The van der Waals surface area contributed by atoms with Gasteiger partial charge in [0.05, 0.1) is 0 Å². The van der Waals surface area contributed by atoms with E-state index in [4.69, 9.17) is 15.9 Å². The predicted molar refractivity (Wildman–Crippen MR) is 49.2 cm³/mol. The summed E-state index contributed by atoms with van der Waals surface area (Å²) in [6, 6.07) is 0. The molecule has 1 heterocycles. The molecule has 0 aliphatic carbocycles. The number of amides is 1. The Bertz CT molecular complexity index is 405. The number of aromatic nitrogens is 2. The predicted octanol–water partition coefficient (Wildman–Crippen LogP) is -1.95. The van der Waals surface area contributed by atoms with E-state index in [9.17, 15) is 14.7 Å². The van der Waals surface area contributed by atoms with Crippen LogP contribution in [0.2, 0.25) is 0 Å². The number of rotatable bonds is 4. The van der Waals surface area contributed by atoms with Crippen molar-refractivity contribution >= 4 is 11.9 Å². The lowest BCUT2D eigenvalue weighted by Crippen LogP contribution is -2.34. The van der Waals surface area contributed by atoms with Crippen molar-refractivity contribution in [1.29, 1.82) is 0 Å². The molecule has 0 spiro atoms. The molecular formula is C8H9N3O5. The molecule has 2 unspecified atom stereocenters. The van der Waals surface area contributed by atoms with Crippen molar-refractivity contribution in [1.82, 2.24) is 9.97 Å². The summed E-state index contributed by atoms with van der Waals surface area (Å²) in [5.74, 6) is -2.88. The number of carbonyl (C=O) groups is 2. The summed E-state index contributed by atoms with van der Waals surface area (Å²) in [4.78, 5) is 27.8. The van der Waals surface area contributed by atoms with Gasteiger partial charge in [0.1, 0.15) is 6.10 Å². The molecule has 1 aromatic rings. The van der Waals surface area contributed by atoms with E-state index < -0.39 is 29.9 Å². The van der Waals surface area contributed by atoms with Crippen molar-refractivity contribution in [2.75, 3.05) is 0 Å². The molecule has 0 fully saturated rings. The molecule has 0 saturated carbocycles. The zero-order valence-electron chi connectivity index (χ0n) is 7.94. The first-order valence-corrected chi connectivity index (χ1v) is 4.14. The zero-order valence-corrected chi connectivity index (χ0v) is 7.94. The number of nitrogens with zero attached hydrogens (tertiary/aromatic N) is 2. The highest BCUT2D eigenvalue weighted by molar-refractivity contribution is 5.83. The highest BCUT2D eigenvalue weighted by Crippen LogP contribution is 2.14. The Labute approximate surface area is 89.4 Å². The Balaban J connectivity index is 2.89. The minimum absolute atomic E-state index is 0.00343. The number of carbonyl (C=O) groups excluding carboxylic acids is 1. The van der Waals surface area contributed by atoms with E-state index in [-0.39, 0.29) is 5.56 Å². The van der Waals surface area contributed by atoms with E-state index in [1.807, 2.05) is 0 Å². The molecule has 0 aliphatic heterocycles. The van der Waals surface area contributed by atoms with Crippen LogP contribution in [0, 0.1) is 0 Å². The summed E-state index contributed by atoms with van der Waals surface area (Å²) in [6.07, 6.45) is -1.39. The minimum Gasteiger partial charge on any atom is -0.475 e. The molecule has 16 heavy (non-hydrogen) atoms. The molecule has 8 nitrogen and oxygen atoms in total. The van der Waals surface area contributed by atoms with Gasteiger partial charge < -0.3 is 21.1 Å². The standard InChI is InChI=1S/C8H9N3O5/c9-6(14)5(13)4(12)3-1-10-7(8(15)16)11-2-3/h1-2,4-5,12-13H,(H2,9,14)(H,15,16). The SMILES string of the molecule is NC(=O)C(O)C(O)c1cnc(C(=O)O)nc1. The average molecular weight is 227 g/mol. The van der Waals surface area contributed by atoms with E-state index in [1.54, 1.807) is 0 Å². The van der Waals surface area contributed by atoms with Crippen LogP contribution >= 0.6 is 0 Å². The van der Waals surface area contributed by atoms with Crippen LogP contribution in [-0.4, -0.2) is 43.3 Å². The molecule has 5 N–H and O–H groups in total. The number of aromatic carboxylic acids is 1. The summed E-state index contributed by atoms with van der Waals surface area (Å²) in [5.41, 5.74) is 4.77. The van der Waals surface area contributed by atoms with Crippen molar-refractivity contribution < 1.29 is 24.9 Å². The number of hydrogen-bond acceptors (Lipinski definition) is 6. The van der Waals surface area contributed by atoms with Gasteiger partial charge >= 0.3 is 5.97 Å². The van der Waals surface area contributed by atoms with Crippen LogP contribution in [0.25, 0.3) is 0 Å². The maximum absolute atomic E-state index is 10.6. The van der Waals surface area contributed by atoms with Crippen LogP contribution in [-0.2, 0) is 4.79 Å². The lowest BCUT2D eigenvalue weighted by Gasteiger charge is -2.13.